The van der Waals surface area contributed by atoms with Crippen LogP contribution in [0, 0.1) is 13.8 Å². The van der Waals surface area contributed by atoms with Gasteiger partial charge in [0.2, 0.25) is 0 Å². The van der Waals surface area contributed by atoms with Crippen LogP contribution in [0.1, 0.15) is 17.0 Å². The van der Waals surface area contributed by atoms with E-state index in [9.17, 15) is 0 Å². The summed E-state index contributed by atoms with van der Waals surface area (Å²) >= 11 is 5.92. The summed E-state index contributed by atoms with van der Waals surface area (Å²) in [5, 5.41) is 7.90. The van der Waals surface area contributed by atoms with E-state index in [1.54, 1.807) is 12.4 Å². The van der Waals surface area contributed by atoms with Crippen molar-refractivity contribution >= 4 is 17.4 Å². The highest BCUT2D eigenvalue weighted by Crippen LogP contribution is 2.17. The lowest BCUT2D eigenvalue weighted by Gasteiger charge is -2.06. The Morgan fingerprint density at radius 1 is 1.29 bits per heavy atom. The predicted molar refractivity (Wildman–Crippen MR) is 67.1 cm³/mol. The molecule has 0 spiro atoms. The standard InChI is InChI=1S/C11H14ClN5/c1-7-9(8(2)17(3)16-7)6-15-11-10(12)13-4-5-14-11/h4-5H,6H2,1-3H3,(H,14,15). The topological polar surface area (TPSA) is 55.6 Å². The molecule has 90 valence electrons. The van der Waals surface area contributed by atoms with Crippen LogP contribution >= 0.6 is 11.6 Å². The summed E-state index contributed by atoms with van der Waals surface area (Å²) in [5.41, 5.74) is 3.31. The van der Waals surface area contributed by atoms with Gasteiger partial charge in [-0.15, -0.1) is 0 Å². The van der Waals surface area contributed by atoms with E-state index in [4.69, 9.17) is 11.6 Å². The van der Waals surface area contributed by atoms with Crippen molar-refractivity contribution in [3.63, 3.8) is 0 Å². The molecule has 0 aromatic carbocycles. The smallest absolute Gasteiger partial charge is 0.171 e. The van der Waals surface area contributed by atoms with Gasteiger partial charge in [-0.1, -0.05) is 11.6 Å². The molecule has 0 aliphatic carbocycles. The summed E-state index contributed by atoms with van der Waals surface area (Å²) in [6, 6.07) is 0. The van der Waals surface area contributed by atoms with Gasteiger partial charge in [-0.2, -0.15) is 5.10 Å². The molecule has 17 heavy (non-hydrogen) atoms. The fourth-order valence-corrected chi connectivity index (χ4v) is 1.86. The third-order valence-corrected chi connectivity index (χ3v) is 3.02. The lowest BCUT2D eigenvalue weighted by molar-refractivity contribution is 0.730. The molecule has 0 bridgehead atoms. The zero-order valence-corrected chi connectivity index (χ0v) is 10.8. The molecule has 0 aliphatic heterocycles. The van der Waals surface area contributed by atoms with Crippen molar-refractivity contribution in [1.29, 1.82) is 0 Å². The van der Waals surface area contributed by atoms with E-state index in [-0.39, 0.29) is 0 Å². The quantitative estimate of drug-likeness (QED) is 0.908. The second kappa shape index (κ2) is 4.71. The molecule has 0 unspecified atom stereocenters. The molecule has 0 atom stereocenters. The van der Waals surface area contributed by atoms with E-state index in [0.29, 0.717) is 17.5 Å². The zero-order chi connectivity index (χ0) is 12.4. The van der Waals surface area contributed by atoms with Crippen molar-refractivity contribution in [1.82, 2.24) is 19.7 Å². The van der Waals surface area contributed by atoms with Crippen LogP contribution < -0.4 is 5.32 Å². The number of rotatable bonds is 3. The van der Waals surface area contributed by atoms with E-state index in [2.05, 4.69) is 20.4 Å². The van der Waals surface area contributed by atoms with Crippen molar-refractivity contribution in [2.75, 3.05) is 5.32 Å². The molecule has 1 N–H and O–H groups in total. The molecule has 0 radical (unpaired) electrons. The second-order valence-electron chi connectivity index (χ2n) is 3.82. The highest BCUT2D eigenvalue weighted by atomic mass is 35.5. The van der Waals surface area contributed by atoms with Crippen molar-refractivity contribution in [2.24, 2.45) is 7.05 Å². The van der Waals surface area contributed by atoms with Gasteiger partial charge in [-0.25, -0.2) is 9.97 Å². The Morgan fingerprint density at radius 2 is 2.00 bits per heavy atom. The first-order valence-electron chi connectivity index (χ1n) is 5.29. The molecule has 0 saturated carbocycles. The minimum atomic E-state index is 0.381. The third-order valence-electron chi connectivity index (χ3n) is 2.75. The van der Waals surface area contributed by atoms with E-state index in [1.807, 2.05) is 25.6 Å². The van der Waals surface area contributed by atoms with Gasteiger partial charge >= 0.3 is 0 Å². The summed E-state index contributed by atoms with van der Waals surface area (Å²) in [6.45, 7) is 4.67. The van der Waals surface area contributed by atoms with Crippen LogP contribution in [-0.2, 0) is 13.6 Å². The van der Waals surface area contributed by atoms with Crippen LogP contribution in [0.25, 0.3) is 0 Å². The van der Waals surface area contributed by atoms with Crippen LogP contribution in [0.2, 0.25) is 5.15 Å². The number of nitrogens with zero attached hydrogens (tertiary/aromatic N) is 4. The maximum Gasteiger partial charge on any atom is 0.171 e. The summed E-state index contributed by atoms with van der Waals surface area (Å²) in [5.74, 6) is 0.594. The number of anilines is 1. The van der Waals surface area contributed by atoms with Gasteiger partial charge in [0.25, 0.3) is 0 Å². The molecule has 0 amide bonds. The third kappa shape index (κ3) is 2.39. The first kappa shape index (κ1) is 11.9. The van der Waals surface area contributed by atoms with E-state index in [1.165, 1.54) is 0 Å². The van der Waals surface area contributed by atoms with Gasteiger partial charge in [0.1, 0.15) is 0 Å². The summed E-state index contributed by atoms with van der Waals surface area (Å²) in [6.07, 6.45) is 3.17. The summed E-state index contributed by atoms with van der Waals surface area (Å²) in [7, 11) is 1.93. The summed E-state index contributed by atoms with van der Waals surface area (Å²) < 4.78 is 1.87. The molecule has 2 aromatic rings. The van der Waals surface area contributed by atoms with Gasteiger partial charge < -0.3 is 5.32 Å². The molecular formula is C11H14ClN5. The lowest BCUT2D eigenvalue weighted by atomic mass is 10.2. The highest BCUT2D eigenvalue weighted by molar-refractivity contribution is 6.31. The monoisotopic (exact) mass is 251 g/mol. The Labute approximate surface area is 105 Å². The molecule has 0 saturated heterocycles. The molecule has 6 heteroatoms. The average Bonchev–Trinajstić information content (AvgIpc) is 2.53. The summed E-state index contributed by atoms with van der Waals surface area (Å²) in [4.78, 5) is 8.09. The Balaban J connectivity index is 2.15. The molecule has 2 heterocycles. The largest absolute Gasteiger partial charge is 0.363 e. The number of nitrogens with one attached hydrogen (secondary N) is 1. The maximum atomic E-state index is 5.92. The van der Waals surface area contributed by atoms with Crippen LogP contribution in [0.5, 0.6) is 0 Å². The molecule has 2 aromatic heterocycles. The van der Waals surface area contributed by atoms with Crippen molar-refractivity contribution in [2.45, 2.75) is 20.4 Å². The molecule has 0 fully saturated rings. The second-order valence-corrected chi connectivity index (χ2v) is 4.18. The van der Waals surface area contributed by atoms with Crippen LogP contribution in [0.4, 0.5) is 5.82 Å². The number of aromatic nitrogens is 4. The Bertz CT molecular complexity index is 535. The maximum absolute atomic E-state index is 5.92. The highest BCUT2D eigenvalue weighted by Gasteiger charge is 2.10. The Morgan fingerprint density at radius 3 is 2.59 bits per heavy atom. The minimum Gasteiger partial charge on any atom is -0.363 e. The first-order valence-corrected chi connectivity index (χ1v) is 5.67. The SMILES string of the molecule is Cc1nn(C)c(C)c1CNc1nccnc1Cl. The first-order chi connectivity index (χ1) is 8.09. The number of aryl methyl sites for hydroxylation is 2. The van der Waals surface area contributed by atoms with Gasteiger partial charge in [0.05, 0.1) is 5.69 Å². The molecule has 2 rings (SSSR count). The number of hydrogen-bond acceptors (Lipinski definition) is 4. The predicted octanol–water partition coefficient (Wildman–Crippen LogP) is 2.09. The van der Waals surface area contributed by atoms with E-state index < -0.39 is 0 Å². The van der Waals surface area contributed by atoms with Crippen molar-refractivity contribution < 1.29 is 0 Å². The lowest BCUT2D eigenvalue weighted by Crippen LogP contribution is -2.04. The van der Waals surface area contributed by atoms with Gasteiger partial charge in [0.15, 0.2) is 11.0 Å². The average molecular weight is 252 g/mol. The zero-order valence-electron chi connectivity index (χ0n) is 10.0. The molecule has 5 nitrogen and oxygen atoms in total. The Kier molecular flexibility index (Phi) is 3.28. The fraction of sp³-hybridized carbons (Fsp3) is 0.364. The van der Waals surface area contributed by atoms with E-state index >= 15 is 0 Å². The normalized spacial score (nSPS) is 10.6. The number of halogens is 1. The van der Waals surface area contributed by atoms with Crippen LogP contribution in [0.3, 0.4) is 0 Å². The fourth-order valence-electron chi connectivity index (χ4n) is 1.69. The van der Waals surface area contributed by atoms with Crippen molar-refractivity contribution in [3.05, 3.63) is 34.5 Å². The number of hydrogen-bond donors (Lipinski definition) is 1. The van der Waals surface area contributed by atoms with Gasteiger partial charge in [0, 0.05) is 37.2 Å². The van der Waals surface area contributed by atoms with E-state index in [0.717, 1.165) is 17.0 Å². The van der Waals surface area contributed by atoms with Crippen LogP contribution in [0.15, 0.2) is 12.4 Å². The Hall–Kier alpha value is -1.62. The molecule has 0 aliphatic rings. The van der Waals surface area contributed by atoms with Gasteiger partial charge in [-0.3, -0.25) is 4.68 Å². The van der Waals surface area contributed by atoms with Crippen LogP contribution in [-0.4, -0.2) is 19.7 Å². The minimum absolute atomic E-state index is 0.381. The van der Waals surface area contributed by atoms with Gasteiger partial charge in [-0.05, 0) is 13.8 Å². The molecular weight excluding hydrogens is 238 g/mol. The van der Waals surface area contributed by atoms with Crippen molar-refractivity contribution in [3.8, 4) is 0 Å².